The number of hydrogen-bond acceptors (Lipinski definition) is 5. The van der Waals surface area contributed by atoms with Crippen LogP contribution >= 0.6 is 0 Å². The number of nitrogens with one attached hydrogen (secondary N) is 2. The van der Waals surface area contributed by atoms with Gasteiger partial charge in [0.25, 0.3) is 5.91 Å². The first kappa shape index (κ1) is 21.9. The summed E-state index contributed by atoms with van der Waals surface area (Å²) < 4.78 is 32.3. The van der Waals surface area contributed by atoms with Crippen LogP contribution in [0, 0.1) is 20.8 Å². The summed E-state index contributed by atoms with van der Waals surface area (Å²) in [5.41, 5.74) is 2.27. The molecule has 0 saturated carbocycles. The first-order valence-corrected chi connectivity index (χ1v) is 9.72. The van der Waals surface area contributed by atoms with Gasteiger partial charge in [0.1, 0.15) is 0 Å². The lowest BCUT2D eigenvalue weighted by molar-refractivity contribution is -0.154. The van der Waals surface area contributed by atoms with Crippen molar-refractivity contribution in [3.8, 4) is 0 Å². The van der Waals surface area contributed by atoms with E-state index in [1.54, 1.807) is 26.0 Å². The average molecular weight is 382 g/mol. The Morgan fingerprint density at radius 3 is 2.35 bits per heavy atom. The maximum atomic E-state index is 12.5. The number of esters is 1. The van der Waals surface area contributed by atoms with E-state index in [4.69, 9.17) is 4.74 Å². The van der Waals surface area contributed by atoms with Crippen LogP contribution in [0.3, 0.4) is 0 Å². The molecule has 1 amide bonds. The van der Waals surface area contributed by atoms with Crippen molar-refractivity contribution in [2.75, 3.05) is 13.1 Å². The van der Waals surface area contributed by atoms with E-state index in [1.807, 2.05) is 6.92 Å². The van der Waals surface area contributed by atoms with Gasteiger partial charge < -0.3 is 10.1 Å². The molecule has 1 atom stereocenters. The van der Waals surface area contributed by atoms with E-state index < -0.39 is 28.0 Å². The zero-order valence-corrected chi connectivity index (χ0v) is 16.4. The van der Waals surface area contributed by atoms with Gasteiger partial charge in [-0.15, -0.1) is 6.58 Å². The fourth-order valence-electron chi connectivity index (χ4n) is 2.58. The van der Waals surface area contributed by atoms with Crippen LogP contribution in [0.15, 0.2) is 29.7 Å². The third-order valence-electron chi connectivity index (χ3n) is 3.59. The number of benzene rings is 1. The second-order valence-corrected chi connectivity index (χ2v) is 7.75. The fraction of sp³-hybridized carbons (Fsp3) is 0.444. The molecule has 1 aromatic rings. The Morgan fingerprint density at radius 1 is 1.23 bits per heavy atom. The first-order valence-electron chi connectivity index (χ1n) is 8.24. The molecule has 1 aromatic carbocycles. The minimum absolute atomic E-state index is 0.116. The topological polar surface area (TPSA) is 102 Å². The number of amides is 1. The number of hydrogen-bond donors (Lipinski definition) is 2. The van der Waals surface area contributed by atoms with E-state index in [0.29, 0.717) is 11.1 Å². The summed E-state index contributed by atoms with van der Waals surface area (Å²) in [6.45, 7) is 10.4. The summed E-state index contributed by atoms with van der Waals surface area (Å²) in [5, 5.41) is 2.51. The molecule has 0 heterocycles. The highest BCUT2D eigenvalue weighted by Gasteiger charge is 2.21. The van der Waals surface area contributed by atoms with Crippen molar-refractivity contribution in [1.29, 1.82) is 0 Å². The van der Waals surface area contributed by atoms with Crippen LogP contribution in [-0.4, -0.2) is 39.5 Å². The predicted molar refractivity (Wildman–Crippen MR) is 99.2 cm³/mol. The molecule has 26 heavy (non-hydrogen) atoms. The van der Waals surface area contributed by atoms with Gasteiger partial charge in [-0.25, -0.2) is 13.1 Å². The highest BCUT2D eigenvalue weighted by atomic mass is 32.2. The third-order valence-corrected chi connectivity index (χ3v) is 5.36. The molecule has 0 spiro atoms. The van der Waals surface area contributed by atoms with Gasteiger partial charge in [0, 0.05) is 13.1 Å². The highest BCUT2D eigenvalue weighted by molar-refractivity contribution is 7.89. The van der Waals surface area contributed by atoms with Crippen molar-refractivity contribution in [1.82, 2.24) is 10.0 Å². The van der Waals surface area contributed by atoms with Gasteiger partial charge in [0.05, 0.1) is 11.3 Å². The second kappa shape index (κ2) is 9.49. The first-order chi connectivity index (χ1) is 12.1. The average Bonchev–Trinajstić information content (AvgIpc) is 2.50. The van der Waals surface area contributed by atoms with Crippen molar-refractivity contribution in [3.63, 3.8) is 0 Å². The number of rotatable bonds is 9. The number of carbonyl (C=O) groups excluding carboxylic acids is 2. The van der Waals surface area contributed by atoms with Crippen LogP contribution in [-0.2, 0) is 24.3 Å². The van der Waals surface area contributed by atoms with Gasteiger partial charge in [0.15, 0.2) is 6.10 Å². The molecule has 0 unspecified atom stereocenters. The molecule has 144 valence electrons. The van der Waals surface area contributed by atoms with Crippen molar-refractivity contribution in [2.45, 2.75) is 45.1 Å². The fourth-order valence-corrected chi connectivity index (χ4v) is 4.06. The molecular formula is C18H26N2O5S. The minimum atomic E-state index is -3.74. The van der Waals surface area contributed by atoms with Crippen LogP contribution in [0.5, 0.6) is 0 Å². The largest absolute Gasteiger partial charge is 0.453 e. The van der Waals surface area contributed by atoms with Crippen LogP contribution < -0.4 is 10.0 Å². The number of sulfonamides is 1. The molecule has 0 aliphatic heterocycles. The normalized spacial score (nSPS) is 12.3. The Hall–Kier alpha value is -2.19. The monoisotopic (exact) mass is 382 g/mol. The number of aryl methyl sites for hydroxylation is 3. The molecule has 1 rings (SSSR count). The molecule has 0 fully saturated rings. The lowest BCUT2D eigenvalue weighted by atomic mass is 10.1. The van der Waals surface area contributed by atoms with Gasteiger partial charge in [-0.1, -0.05) is 23.8 Å². The Balaban J connectivity index is 2.60. The SMILES string of the molecule is C=CCNC(=O)[C@H](C)OC(=O)CCNS(=O)(=O)c1c(C)cc(C)cc1C. The number of carbonyl (C=O) groups is 2. The molecule has 0 aliphatic carbocycles. The molecule has 0 saturated heterocycles. The zero-order valence-electron chi connectivity index (χ0n) is 15.6. The molecular weight excluding hydrogens is 356 g/mol. The summed E-state index contributed by atoms with van der Waals surface area (Å²) in [7, 11) is -3.74. The van der Waals surface area contributed by atoms with Crippen LogP contribution in [0.25, 0.3) is 0 Å². The van der Waals surface area contributed by atoms with Gasteiger partial charge in [0.2, 0.25) is 10.0 Å². The smallest absolute Gasteiger partial charge is 0.307 e. The van der Waals surface area contributed by atoms with Crippen molar-refractivity contribution in [3.05, 3.63) is 41.5 Å². The van der Waals surface area contributed by atoms with Gasteiger partial charge in [-0.3, -0.25) is 9.59 Å². The van der Waals surface area contributed by atoms with Crippen LogP contribution in [0.2, 0.25) is 0 Å². The van der Waals surface area contributed by atoms with E-state index in [-0.39, 0.29) is 24.4 Å². The summed E-state index contributed by atoms with van der Waals surface area (Å²) in [5.74, 6) is -1.10. The minimum Gasteiger partial charge on any atom is -0.453 e. The van der Waals surface area contributed by atoms with Gasteiger partial charge >= 0.3 is 5.97 Å². The summed E-state index contributed by atoms with van der Waals surface area (Å²) in [6, 6.07) is 3.58. The van der Waals surface area contributed by atoms with E-state index in [2.05, 4.69) is 16.6 Å². The maximum absolute atomic E-state index is 12.5. The highest BCUT2D eigenvalue weighted by Crippen LogP contribution is 2.21. The second-order valence-electron chi connectivity index (χ2n) is 6.04. The van der Waals surface area contributed by atoms with Crippen molar-refractivity contribution in [2.24, 2.45) is 0 Å². The number of ether oxygens (including phenoxy) is 1. The Morgan fingerprint density at radius 2 is 1.81 bits per heavy atom. The molecule has 0 aliphatic rings. The quantitative estimate of drug-likeness (QED) is 0.498. The predicted octanol–water partition coefficient (Wildman–Crippen LogP) is 1.51. The molecule has 0 bridgehead atoms. The van der Waals surface area contributed by atoms with Crippen LogP contribution in [0.4, 0.5) is 0 Å². The molecule has 0 aromatic heterocycles. The summed E-state index contributed by atoms with van der Waals surface area (Å²) in [4.78, 5) is 23.6. The zero-order chi connectivity index (χ0) is 19.9. The Labute approximate surface area is 154 Å². The summed E-state index contributed by atoms with van der Waals surface area (Å²) >= 11 is 0. The molecule has 8 heteroatoms. The molecule has 0 radical (unpaired) electrons. The van der Waals surface area contributed by atoms with E-state index in [9.17, 15) is 18.0 Å². The lowest BCUT2D eigenvalue weighted by Gasteiger charge is -2.14. The molecule has 7 nitrogen and oxygen atoms in total. The van der Waals surface area contributed by atoms with E-state index in [1.165, 1.54) is 13.0 Å². The standard InChI is InChI=1S/C18H26N2O5S/c1-6-8-19-18(22)15(5)25-16(21)7-9-20-26(23,24)17-13(3)10-12(2)11-14(17)4/h6,10-11,15,20H,1,7-9H2,2-5H3,(H,19,22)/t15-/m0/s1. The maximum Gasteiger partial charge on any atom is 0.307 e. The Bertz CT molecular complexity index is 764. The Kier molecular flexibility index (Phi) is 7.98. The third kappa shape index (κ3) is 6.27. The van der Waals surface area contributed by atoms with E-state index >= 15 is 0 Å². The van der Waals surface area contributed by atoms with Crippen molar-refractivity contribution >= 4 is 21.9 Å². The van der Waals surface area contributed by atoms with Gasteiger partial charge in [-0.2, -0.15) is 0 Å². The van der Waals surface area contributed by atoms with E-state index in [0.717, 1.165) is 5.56 Å². The van der Waals surface area contributed by atoms with Crippen LogP contribution in [0.1, 0.15) is 30.0 Å². The van der Waals surface area contributed by atoms with Gasteiger partial charge in [-0.05, 0) is 38.8 Å². The van der Waals surface area contributed by atoms with Crippen molar-refractivity contribution < 1.29 is 22.7 Å². The summed E-state index contributed by atoms with van der Waals surface area (Å²) in [6.07, 6.45) is 0.374. The lowest BCUT2D eigenvalue weighted by Crippen LogP contribution is -2.36. The molecule has 2 N–H and O–H groups in total.